The number of hydrogen-bond acceptors (Lipinski definition) is 5. The Hall–Kier alpha value is -1.43. The van der Waals surface area contributed by atoms with Gasteiger partial charge in [-0.3, -0.25) is 4.79 Å². The van der Waals surface area contributed by atoms with E-state index >= 15 is 0 Å². The molecular weight excluding hydrogens is 246 g/mol. The van der Waals surface area contributed by atoms with Gasteiger partial charge in [0.2, 0.25) is 0 Å². The smallest absolute Gasteiger partial charge is 0.152 e. The molecule has 1 aromatic carbocycles. The average molecular weight is 263 g/mol. The van der Waals surface area contributed by atoms with Gasteiger partial charge in [0.15, 0.2) is 6.29 Å². The minimum absolute atomic E-state index is 0.315. The molecule has 5 heteroatoms. The van der Waals surface area contributed by atoms with Gasteiger partial charge in [0.1, 0.15) is 5.60 Å². The summed E-state index contributed by atoms with van der Waals surface area (Å²) >= 11 is 0. The minimum Gasteiger partial charge on any atom is -0.380 e. The summed E-state index contributed by atoms with van der Waals surface area (Å²) in [5.74, 6) is 0. The van der Waals surface area contributed by atoms with Gasteiger partial charge < -0.3 is 19.5 Å². The Morgan fingerprint density at radius 3 is 2.53 bits per heavy atom. The van der Waals surface area contributed by atoms with E-state index in [0.717, 1.165) is 30.6 Å². The molecule has 2 aliphatic rings. The van der Waals surface area contributed by atoms with Crippen molar-refractivity contribution in [2.24, 2.45) is 0 Å². The number of nitrogens with zero attached hydrogens (tertiary/aromatic N) is 1. The molecule has 5 nitrogen and oxygen atoms in total. The van der Waals surface area contributed by atoms with Crippen LogP contribution in [0, 0.1) is 0 Å². The molecule has 0 saturated carbocycles. The van der Waals surface area contributed by atoms with Crippen LogP contribution in [0.5, 0.6) is 0 Å². The van der Waals surface area contributed by atoms with Crippen LogP contribution in [-0.2, 0) is 15.1 Å². The molecular formula is C14H17NO4. The van der Waals surface area contributed by atoms with Gasteiger partial charge in [0.25, 0.3) is 0 Å². The number of hydrogen-bond donors (Lipinski definition) is 1. The molecule has 3 rings (SSSR count). The first kappa shape index (κ1) is 12.6. The van der Waals surface area contributed by atoms with E-state index in [2.05, 4.69) is 4.90 Å². The predicted octanol–water partition coefficient (Wildman–Crippen LogP) is 0.553. The Kier molecular flexibility index (Phi) is 3.26. The van der Waals surface area contributed by atoms with Crippen molar-refractivity contribution >= 4 is 12.0 Å². The fourth-order valence-electron chi connectivity index (χ4n) is 2.47. The van der Waals surface area contributed by atoms with Crippen LogP contribution in [0.4, 0.5) is 5.69 Å². The SMILES string of the molecule is O=Cc1ccc(C2(O)COC2)cc1N1CCOCC1. The van der Waals surface area contributed by atoms with Gasteiger partial charge in [-0.05, 0) is 17.7 Å². The highest BCUT2D eigenvalue weighted by Gasteiger charge is 2.38. The van der Waals surface area contributed by atoms with Crippen molar-refractivity contribution in [3.63, 3.8) is 0 Å². The molecule has 0 unspecified atom stereocenters. The van der Waals surface area contributed by atoms with Crippen LogP contribution in [0.3, 0.4) is 0 Å². The molecule has 102 valence electrons. The fourth-order valence-corrected chi connectivity index (χ4v) is 2.47. The van der Waals surface area contributed by atoms with Gasteiger partial charge in [-0.25, -0.2) is 0 Å². The molecule has 0 amide bonds. The lowest BCUT2D eigenvalue weighted by molar-refractivity contribution is -0.184. The van der Waals surface area contributed by atoms with E-state index in [1.807, 2.05) is 6.07 Å². The lowest BCUT2D eigenvalue weighted by atomic mass is 9.90. The number of carbonyl (C=O) groups excluding carboxylic acids is 1. The number of rotatable bonds is 3. The van der Waals surface area contributed by atoms with E-state index in [0.29, 0.717) is 32.0 Å². The molecule has 2 aliphatic heterocycles. The van der Waals surface area contributed by atoms with Gasteiger partial charge in [-0.1, -0.05) is 6.07 Å². The molecule has 0 aromatic heterocycles. The summed E-state index contributed by atoms with van der Waals surface area (Å²) in [5.41, 5.74) is 1.43. The molecule has 2 saturated heterocycles. The molecule has 0 aliphatic carbocycles. The molecule has 0 spiro atoms. The Morgan fingerprint density at radius 2 is 1.95 bits per heavy atom. The summed E-state index contributed by atoms with van der Waals surface area (Å²) in [6.45, 7) is 3.48. The third-order valence-corrected chi connectivity index (χ3v) is 3.73. The van der Waals surface area contributed by atoms with Crippen molar-refractivity contribution < 1.29 is 19.4 Å². The molecule has 2 heterocycles. The second-order valence-corrected chi connectivity index (χ2v) is 5.02. The zero-order valence-electron chi connectivity index (χ0n) is 10.7. The summed E-state index contributed by atoms with van der Waals surface area (Å²) in [7, 11) is 0. The summed E-state index contributed by atoms with van der Waals surface area (Å²) < 4.78 is 10.4. The Balaban J connectivity index is 1.95. The first-order valence-corrected chi connectivity index (χ1v) is 6.45. The number of morpholine rings is 1. The van der Waals surface area contributed by atoms with Crippen LogP contribution in [0.1, 0.15) is 15.9 Å². The molecule has 1 aromatic rings. The molecule has 0 radical (unpaired) electrons. The van der Waals surface area contributed by atoms with Crippen molar-refractivity contribution in [3.8, 4) is 0 Å². The monoisotopic (exact) mass is 263 g/mol. The third-order valence-electron chi connectivity index (χ3n) is 3.73. The van der Waals surface area contributed by atoms with Crippen LogP contribution in [0.15, 0.2) is 18.2 Å². The maximum atomic E-state index is 11.2. The van der Waals surface area contributed by atoms with Crippen molar-refractivity contribution in [2.75, 3.05) is 44.4 Å². The largest absolute Gasteiger partial charge is 0.380 e. The second kappa shape index (κ2) is 4.92. The van der Waals surface area contributed by atoms with Crippen LogP contribution >= 0.6 is 0 Å². The van der Waals surface area contributed by atoms with Crippen LogP contribution < -0.4 is 4.90 Å². The highest BCUT2D eigenvalue weighted by Crippen LogP contribution is 2.33. The van der Waals surface area contributed by atoms with Crippen molar-refractivity contribution in [2.45, 2.75) is 5.60 Å². The average Bonchev–Trinajstić information content (AvgIpc) is 2.45. The Bertz CT molecular complexity index is 478. The topological polar surface area (TPSA) is 59.0 Å². The van der Waals surface area contributed by atoms with Gasteiger partial charge in [-0.2, -0.15) is 0 Å². The zero-order valence-corrected chi connectivity index (χ0v) is 10.7. The number of aliphatic hydroxyl groups is 1. The minimum atomic E-state index is -0.900. The Morgan fingerprint density at radius 1 is 1.21 bits per heavy atom. The first-order chi connectivity index (χ1) is 9.23. The number of carbonyl (C=O) groups is 1. The molecule has 2 fully saturated rings. The Labute approximate surface area is 111 Å². The lowest BCUT2D eigenvalue weighted by Crippen LogP contribution is -2.46. The van der Waals surface area contributed by atoms with Gasteiger partial charge >= 0.3 is 0 Å². The predicted molar refractivity (Wildman–Crippen MR) is 69.6 cm³/mol. The number of anilines is 1. The number of ether oxygens (including phenoxy) is 2. The highest BCUT2D eigenvalue weighted by atomic mass is 16.5. The van der Waals surface area contributed by atoms with Gasteiger partial charge in [0.05, 0.1) is 26.4 Å². The second-order valence-electron chi connectivity index (χ2n) is 5.02. The van der Waals surface area contributed by atoms with E-state index < -0.39 is 5.60 Å². The standard InChI is InChI=1S/C14H17NO4/c16-8-11-1-2-12(14(17)9-19-10-14)7-13(11)15-3-5-18-6-4-15/h1-2,7-8,17H,3-6,9-10H2. The molecule has 1 N–H and O–H groups in total. The number of aldehydes is 1. The van der Waals surface area contributed by atoms with Gasteiger partial charge in [0, 0.05) is 24.3 Å². The van der Waals surface area contributed by atoms with Crippen molar-refractivity contribution in [1.82, 2.24) is 0 Å². The van der Waals surface area contributed by atoms with E-state index in [-0.39, 0.29) is 0 Å². The fraction of sp³-hybridized carbons (Fsp3) is 0.500. The van der Waals surface area contributed by atoms with E-state index in [1.54, 1.807) is 12.1 Å². The van der Waals surface area contributed by atoms with E-state index in [9.17, 15) is 9.90 Å². The molecule has 0 atom stereocenters. The third kappa shape index (κ3) is 2.25. The van der Waals surface area contributed by atoms with Crippen LogP contribution in [0.2, 0.25) is 0 Å². The summed E-state index contributed by atoms with van der Waals surface area (Å²) in [6, 6.07) is 5.47. The van der Waals surface area contributed by atoms with Crippen LogP contribution in [-0.4, -0.2) is 50.9 Å². The van der Waals surface area contributed by atoms with Crippen LogP contribution in [0.25, 0.3) is 0 Å². The lowest BCUT2D eigenvalue weighted by Gasteiger charge is -2.38. The first-order valence-electron chi connectivity index (χ1n) is 6.45. The van der Waals surface area contributed by atoms with Crippen molar-refractivity contribution in [1.29, 1.82) is 0 Å². The molecule has 0 bridgehead atoms. The van der Waals surface area contributed by atoms with Crippen molar-refractivity contribution in [3.05, 3.63) is 29.3 Å². The quantitative estimate of drug-likeness (QED) is 0.807. The van der Waals surface area contributed by atoms with E-state index in [1.165, 1.54) is 0 Å². The highest BCUT2D eigenvalue weighted by molar-refractivity contribution is 5.85. The normalized spacial score (nSPS) is 21.8. The summed E-state index contributed by atoms with van der Waals surface area (Å²) in [4.78, 5) is 13.3. The van der Waals surface area contributed by atoms with E-state index in [4.69, 9.17) is 9.47 Å². The maximum Gasteiger partial charge on any atom is 0.152 e. The maximum absolute atomic E-state index is 11.2. The molecule has 19 heavy (non-hydrogen) atoms. The number of benzene rings is 1. The summed E-state index contributed by atoms with van der Waals surface area (Å²) in [6.07, 6.45) is 0.857. The zero-order chi connectivity index (χ0) is 13.3. The van der Waals surface area contributed by atoms with Gasteiger partial charge in [-0.15, -0.1) is 0 Å². The summed E-state index contributed by atoms with van der Waals surface area (Å²) in [5, 5.41) is 10.3.